The van der Waals surface area contributed by atoms with Gasteiger partial charge in [0.15, 0.2) is 5.76 Å². The maximum absolute atomic E-state index is 12.4. The van der Waals surface area contributed by atoms with E-state index in [0.717, 1.165) is 10.9 Å². The Balaban J connectivity index is 2.24. The van der Waals surface area contributed by atoms with Crippen LogP contribution in [0.3, 0.4) is 0 Å². The minimum Gasteiger partial charge on any atom is -0.451 e. The summed E-state index contributed by atoms with van der Waals surface area (Å²) >= 11 is 0. The molecule has 1 amide bonds. The molecule has 0 spiro atoms. The second-order valence-corrected chi connectivity index (χ2v) is 6.29. The van der Waals surface area contributed by atoms with E-state index in [0.29, 0.717) is 12.2 Å². The lowest BCUT2D eigenvalue weighted by atomic mass is 10.1. The minimum absolute atomic E-state index is 0.0577. The third-order valence-electron chi connectivity index (χ3n) is 3.71. The molecule has 2 N–H and O–H groups in total. The molecule has 1 heterocycles. The molecule has 1 aromatic heterocycles. The van der Waals surface area contributed by atoms with Crippen LogP contribution in [0.5, 0.6) is 0 Å². The number of nitrogens with one attached hydrogen (secondary N) is 1. The fraction of sp³-hybridized carbons (Fsp3) is 0.500. The maximum atomic E-state index is 12.4. The summed E-state index contributed by atoms with van der Waals surface area (Å²) in [4.78, 5) is 12.4. The van der Waals surface area contributed by atoms with Crippen molar-refractivity contribution in [2.75, 3.05) is 6.54 Å². The zero-order valence-electron chi connectivity index (χ0n) is 14.1. The average molecular weight is 319 g/mol. The molecule has 0 bridgehead atoms. The minimum atomic E-state index is -0.585. The Bertz CT molecular complexity index is 660. The molecule has 5 nitrogen and oxygen atoms in total. The van der Waals surface area contributed by atoms with Gasteiger partial charge in [0.1, 0.15) is 5.58 Å². The summed E-state index contributed by atoms with van der Waals surface area (Å²) in [6, 6.07) is 7.51. The van der Waals surface area contributed by atoms with E-state index in [2.05, 4.69) is 5.32 Å². The molecule has 0 aliphatic rings. The van der Waals surface area contributed by atoms with Crippen molar-refractivity contribution in [2.45, 2.75) is 46.5 Å². The van der Waals surface area contributed by atoms with E-state index in [9.17, 15) is 9.90 Å². The lowest BCUT2D eigenvalue weighted by Crippen LogP contribution is -2.34. The Labute approximate surface area is 136 Å². The summed E-state index contributed by atoms with van der Waals surface area (Å²) in [5.74, 6) is 0.000722. The fourth-order valence-corrected chi connectivity index (χ4v) is 2.19. The number of para-hydroxylation sites is 1. The number of rotatable bonds is 7. The Kier molecular flexibility index (Phi) is 5.80. The quantitative estimate of drug-likeness (QED) is 0.822. The monoisotopic (exact) mass is 319 g/mol. The zero-order valence-corrected chi connectivity index (χ0v) is 14.1. The molecule has 0 saturated heterocycles. The molecule has 1 atom stereocenters. The van der Waals surface area contributed by atoms with E-state index in [-0.39, 0.29) is 30.2 Å². The van der Waals surface area contributed by atoms with Crippen molar-refractivity contribution < 1.29 is 19.1 Å². The number of amides is 1. The van der Waals surface area contributed by atoms with Gasteiger partial charge in [-0.15, -0.1) is 0 Å². The van der Waals surface area contributed by atoms with E-state index in [1.165, 1.54) is 0 Å². The first kappa shape index (κ1) is 17.5. The van der Waals surface area contributed by atoms with Gasteiger partial charge in [-0.2, -0.15) is 0 Å². The number of fused-ring (bicyclic) bond motifs is 1. The molecule has 0 aliphatic heterocycles. The fourth-order valence-electron chi connectivity index (χ4n) is 2.19. The number of ether oxygens (including phenoxy) is 1. The van der Waals surface area contributed by atoms with Gasteiger partial charge in [0, 0.05) is 17.5 Å². The molecule has 0 aliphatic carbocycles. The average Bonchev–Trinajstić information content (AvgIpc) is 2.88. The van der Waals surface area contributed by atoms with E-state index >= 15 is 0 Å². The third kappa shape index (κ3) is 4.33. The van der Waals surface area contributed by atoms with Gasteiger partial charge in [-0.3, -0.25) is 4.79 Å². The summed E-state index contributed by atoms with van der Waals surface area (Å²) in [5.41, 5.74) is 1.40. The summed E-state index contributed by atoms with van der Waals surface area (Å²) in [7, 11) is 0. The van der Waals surface area contributed by atoms with Crippen LogP contribution in [0.1, 0.15) is 43.8 Å². The Morgan fingerprint density at radius 3 is 2.61 bits per heavy atom. The van der Waals surface area contributed by atoms with Gasteiger partial charge in [0.05, 0.1) is 18.8 Å². The number of hydrogen-bond acceptors (Lipinski definition) is 4. The van der Waals surface area contributed by atoms with E-state index < -0.39 is 6.10 Å². The Morgan fingerprint density at radius 1 is 1.26 bits per heavy atom. The predicted octanol–water partition coefficient (Wildman–Crippen LogP) is 3.10. The molecular weight excluding hydrogens is 294 g/mol. The van der Waals surface area contributed by atoms with Crippen LogP contribution in [-0.4, -0.2) is 29.8 Å². The molecule has 2 rings (SSSR count). The molecule has 5 heteroatoms. The van der Waals surface area contributed by atoms with Gasteiger partial charge in [-0.25, -0.2) is 0 Å². The molecule has 1 unspecified atom stereocenters. The first-order chi connectivity index (χ1) is 10.9. The van der Waals surface area contributed by atoms with Crippen LogP contribution >= 0.6 is 0 Å². The highest BCUT2D eigenvalue weighted by Gasteiger charge is 2.21. The molecule has 126 valence electrons. The summed E-state index contributed by atoms with van der Waals surface area (Å²) in [6.07, 6.45) is -0.527. The Morgan fingerprint density at radius 2 is 1.96 bits per heavy atom. The number of carbonyl (C=O) groups excluding carboxylic acids is 1. The second kappa shape index (κ2) is 7.62. The topological polar surface area (TPSA) is 71.7 Å². The number of carbonyl (C=O) groups is 1. The molecule has 2 aromatic rings. The molecule has 0 saturated carbocycles. The molecule has 0 radical (unpaired) electrons. The van der Waals surface area contributed by atoms with Crippen molar-refractivity contribution in [2.24, 2.45) is 5.92 Å². The van der Waals surface area contributed by atoms with E-state index in [1.807, 2.05) is 52.0 Å². The standard InChI is InChI=1S/C18H25NO4/c1-11(2)15(20)9-19-18(21)17-14(10-22-12(3)4)13-7-5-6-8-16(13)23-17/h5-8,11-12,15,20H,9-10H2,1-4H3,(H,19,21). The summed E-state index contributed by atoms with van der Waals surface area (Å²) in [6.45, 7) is 8.20. The third-order valence-corrected chi connectivity index (χ3v) is 3.71. The Hall–Kier alpha value is -1.85. The number of aliphatic hydroxyl groups is 1. The number of hydrogen-bond donors (Lipinski definition) is 2. The summed E-state index contributed by atoms with van der Waals surface area (Å²) in [5, 5.41) is 13.4. The number of aliphatic hydroxyl groups excluding tert-OH is 1. The smallest absolute Gasteiger partial charge is 0.287 e. The lowest BCUT2D eigenvalue weighted by molar-refractivity contribution is 0.0639. The highest BCUT2D eigenvalue weighted by molar-refractivity contribution is 5.99. The largest absolute Gasteiger partial charge is 0.451 e. The van der Waals surface area contributed by atoms with Crippen molar-refractivity contribution >= 4 is 16.9 Å². The predicted molar refractivity (Wildman–Crippen MR) is 89.3 cm³/mol. The van der Waals surface area contributed by atoms with Gasteiger partial charge in [0.25, 0.3) is 5.91 Å². The van der Waals surface area contributed by atoms with Crippen molar-refractivity contribution in [3.8, 4) is 0 Å². The molecular formula is C18H25NO4. The summed E-state index contributed by atoms with van der Waals surface area (Å²) < 4.78 is 11.4. The van der Waals surface area contributed by atoms with Crippen LogP contribution in [0.15, 0.2) is 28.7 Å². The van der Waals surface area contributed by atoms with Crippen LogP contribution in [-0.2, 0) is 11.3 Å². The molecule has 23 heavy (non-hydrogen) atoms. The van der Waals surface area contributed by atoms with Crippen LogP contribution < -0.4 is 5.32 Å². The van der Waals surface area contributed by atoms with Gasteiger partial charge < -0.3 is 19.6 Å². The van der Waals surface area contributed by atoms with Crippen LogP contribution in [0.4, 0.5) is 0 Å². The van der Waals surface area contributed by atoms with Gasteiger partial charge in [-0.1, -0.05) is 32.0 Å². The van der Waals surface area contributed by atoms with Crippen LogP contribution in [0.2, 0.25) is 0 Å². The van der Waals surface area contributed by atoms with Crippen LogP contribution in [0, 0.1) is 5.92 Å². The van der Waals surface area contributed by atoms with Crippen molar-refractivity contribution in [3.05, 3.63) is 35.6 Å². The molecule has 0 fully saturated rings. The van der Waals surface area contributed by atoms with Crippen molar-refractivity contribution in [1.29, 1.82) is 0 Å². The van der Waals surface area contributed by atoms with Gasteiger partial charge in [0.2, 0.25) is 0 Å². The normalized spacial score (nSPS) is 13.0. The first-order valence-corrected chi connectivity index (χ1v) is 7.98. The highest BCUT2D eigenvalue weighted by Crippen LogP contribution is 2.27. The zero-order chi connectivity index (χ0) is 17.0. The maximum Gasteiger partial charge on any atom is 0.287 e. The first-order valence-electron chi connectivity index (χ1n) is 7.98. The van der Waals surface area contributed by atoms with Crippen LogP contribution in [0.25, 0.3) is 11.0 Å². The van der Waals surface area contributed by atoms with E-state index in [4.69, 9.17) is 9.15 Å². The van der Waals surface area contributed by atoms with Crippen molar-refractivity contribution in [1.82, 2.24) is 5.32 Å². The highest BCUT2D eigenvalue weighted by atomic mass is 16.5. The van der Waals surface area contributed by atoms with Crippen molar-refractivity contribution in [3.63, 3.8) is 0 Å². The SMILES string of the molecule is CC(C)OCc1c(C(=O)NCC(O)C(C)C)oc2ccccc12. The van der Waals surface area contributed by atoms with Gasteiger partial charge >= 0.3 is 0 Å². The number of furan rings is 1. The van der Waals surface area contributed by atoms with E-state index in [1.54, 1.807) is 0 Å². The van der Waals surface area contributed by atoms with Gasteiger partial charge in [-0.05, 0) is 25.8 Å². The lowest BCUT2D eigenvalue weighted by Gasteiger charge is -2.15. The molecule has 1 aromatic carbocycles. The second-order valence-electron chi connectivity index (χ2n) is 6.29. The number of benzene rings is 1.